The lowest BCUT2D eigenvalue weighted by Gasteiger charge is -2.39. The molecule has 0 bridgehead atoms. The van der Waals surface area contributed by atoms with Crippen molar-refractivity contribution in [2.24, 2.45) is 7.05 Å². The maximum Gasteiger partial charge on any atom is 0.272 e. The molecule has 10 nitrogen and oxygen atoms in total. The Bertz CT molecular complexity index is 1620. The number of nitrogens with zero attached hydrogens (tertiary/aromatic N) is 6. The van der Waals surface area contributed by atoms with Gasteiger partial charge >= 0.3 is 0 Å². The van der Waals surface area contributed by atoms with Gasteiger partial charge in [0.05, 0.1) is 16.9 Å². The second-order valence-corrected chi connectivity index (χ2v) is 18.4. The third-order valence-corrected chi connectivity index (χ3v) is 13.7. The molecule has 5 rings (SSSR count). The maximum atomic E-state index is 13.6. The molecule has 3 aromatic rings. The molecule has 1 fully saturated rings. The van der Waals surface area contributed by atoms with Gasteiger partial charge in [0.15, 0.2) is 14.1 Å². The second-order valence-electron chi connectivity index (χ2n) is 13.6. The van der Waals surface area contributed by atoms with Crippen molar-refractivity contribution in [3.63, 3.8) is 0 Å². The Hall–Kier alpha value is -3.89. The van der Waals surface area contributed by atoms with Gasteiger partial charge in [0, 0.05) is 69.4 Å². The van der Waals surface area contributed by atoms with Crippen LogP contribution < -0.4 is 10.6 Å². The monoisotopic (exact) mass is 622 g/mol. The van der Waals surface area contributed by atoms with Gasteiger partial charge in [-0.2, -0.15) is 10.4 Å². The minimum Gasteiger partial charge on any atom is -0.416 e. The van der Waals surface area contributed by atoms with Crippen molar-refractivity contribution >= 4 is 31.7 Å². The van der Waals surface area contributed by atoms with Crippen LogP contribution in [0.25, 0.3) is 11.3 Å². The van der Waals surface area contributed by atoms with E-state index in [1.807, 2.05) is 6.07 Å². The summed E-state index contributed by atoms with van der Waals surface area (Å²) in [6.07, 6.45) is 0.916. The summed E-state index contributed by atoms with van der Waals surface area (Å²) in [5.41, 5.74) is 3.70. The van der Waals surface area contributed by atoms with E-state index in [1.165, 1.54) is 9.58 Å². The number of halogens is 2. The lowest BCUT2D eigenvalue weighted by molar-refractivity contribution is -0.0495. The number of aromatic nitrogens is 4. The van der Waals surface area contributed by atoms with Gasteiger partial charge in [-0.15, -0.1) is 0 Å². The number of benzene rings is 1. The van der Waals surface area contributed by atoms with Gasteiger partial charge in [-0.1, -0.05) is 27.7 Å². The fourth-order valence-electron chi connectivity index (χ4n) is 5.23. The predicted molar refractivity (Wildman–Crippen MR) is 168 cm³/mol. The number of hydrogen-bond donors (Lipinski definition) is 2. The molecule has 0 saturated carbocycles. The Morgan fingerprint density at radius 1 is 1.23 bits per heavy atom. The number of anilines is 3. The summed E-state index contributed by atoms with van der Waals surface area (Å²) in [7, 11) is -0.366. The molecule has 13 heteroatoms. The van der Waals surface area contributed by atoms with Crippen molar-refractivity contribution in [3.05, 3.63) is 47.3 Å². The normalized spacial score (nSPS) is 19.7. The van der Waals surface area contributed by atoms with Crippen LogP contribution >= 0.6 is 0 Å². The zero-order valence-corrected chi connectivity index (χ0v) is 27.4. The van der Waals surface area contributed by atoms with Crippen LogP contribution in [0, 0.1) is 11.3 Å². The lowest BCUT2D eigenvalue weighted by Crippen LogP contribution is -2.45. The van der Waals surface area contributed by atoms with Crippen LogP contribution in [-0.2, 0) is 16.9 Å². The Labute approximate surface area is 258 Å². The molecule has 0 radical (unpaired) electrons. The molecule has 0 spiro atoms. The van der Waals surface area contributed by atoms with E-state index in [0.717, 1.165) is 16.8 Å². The smallest absolute Gasteiger partial charge is 0.272 e. The summed E-state index contributed by atoms with van der Waals surface area (Å²) < 4.78 is 35.2. The average Bonchev–Trinajstić information content (AvgIpc) is 3.50. The zero-order valence-electron chi connectivity index (χ0n) is 26.4. The largest absolute Gasteiger partial charge is 0.416 e. The van der Waals surface area contributed by atoms with Crippen LogP contribution in [0.3, 0.4) is 0 Å². The number of piperidine rings is 1. The number of carbonyl (C=O) groups excluding carboxylic acids is 1. The molecule has 4 heterocycles. The molecule has 1 aromatic carbocycles. The first-order chi connectivity index (χ1) is 20.5. The zero-order chi connectivity index (χ0) is 32.1. The summed E-state index contributed by atoms with van der Waals surface area (Å²) in [6.45, 7) is 14.5. The highest BCUT2D eigenvalue weighted by Crippen LogP contribution is 2.44. The number of carbonyl (C=O) groups is 1. The number of likely N-dealkylation sites (tertiary alicyclic amines) is 1. The second kappa shape index (κ2) is 11.2. The van der Waals surface area contributed by atoms with E-state index in [-0.39, 0.29) is 53.9 Å². The third-order valence-electron chi connectivity index (χ3n) is 9.19. The van der Waals surface area contributed by atoms with E-state index in [0.29, 0.717) is 30.2 Å². The molecule has 234 valence electrons. The standard InChI is InChI=1S/C31H40F2N8O2Si/c1-29(2,3)44(6,7)43-19-30(4)18-36-26-21(17-34)14-20(15-22(26)30)23-8-11-35-28(37-23)38-25-16-24(40(5)39-25)27(42)41-12-9-31(32,33)10-13-41/h8,11,14-16,36H,9-10,12-13,18-19H2,1-7H3,(H,35,37,38,39). The van der Waals surface area contributed by atoms with Gasteiger partial charge in [-0.25, -0.2) is 18.7 Å². The summed E-state index contributed by atoms with van der Waals surface area (Å²) in [5.74, 6) is -2.48. The molecule has 0 aliphatic carbocycles. The van der Waals surface area contributed by atoms with Gasteiger partial charge in [-0.3, -0.25) is 9.48 Å². The molecule has 2 N–H and O–H groups in total. The molecule has 1 amide bonds. The number of fused-ring (bicyclic) bond motifs is 1. The highest BCUT2D eigenvalue weighted by atomic mass is 28.4. The Morgan fingerprint density at radius 2 is 1.93 bits per heavy atom. The van der Waals surface area contributed by atoms with E-state index in [1.54, 1.807) is 25.4 Å². The van der Waals surface area contributed by atoms with Gasteiger partial charge in [0.2, 0.25) is 5.95 Å². The number of aryl methyl sites for hydroxylation is 1. The minimum absolute atomic E-state index is 0.00657. The molecule has 2 aliphatic rings. The number of nitriles is 1. The average molecular weight is 623 g/mol. The van der Waals surface area contributed by atoms with Gasteiger partial charge in [0.25, 0.3) is 11.8 Å². The highest BCUT2D eigenvalue weighted by molar-refractivity contribution is 6.74. The number of amides is 1. The van der Waals surface area contributed by atoms with Crippen molar-refractivity contribution < 1.29 is 18.0 Å². The quantitative estimate of drug-likeness (QED) is 0.305. The van der Waals surface area contributed by atoms with E-state index in [9.17, 15) is 18.8 Å². The van der Waals surface area contributed by atoms with E-state index < -0.39 is 14.2 Å². The van der Waals surface area contributed by atoms with Crippen LogP contribution in [0.15, 0.2) is 30.5 Å². The van der Waals surface area contributed by atoms with Crippen molar-refractivity contribution in [3.8, 4) is 17.3 Å². The first kappa shape index (κ1) is 31.5. The van der Waals surface area contributed by atoms with Gasteiger partial charge in [0.1, 0.15) is 11.8 Å². The number of alkyl halides is 2. The first-order valence-corrected chi connectivity index (χ1v) is 17.7. The number of nitrogens with one attached hydrogen (secondary N) is 2. The summed E-state index contributed by atoms with van der Waals surface area (Å²) in [4.78, 5) is 23.5. The van der Waals surface area contributed by atoms with E-state index in [4.69, 9.17) is 4.43 Å². The maximum absolute atomic E-state index is 13.6. The molecular weight excluding hydrogens is 582 g/mol. The molecule has 44 heavy (non-hydrogen) atoms. The fraction of sp³-hybridized carbons (Fsp3) is 0.516. The first-order valence-electron chi connectivity index (χ1n) is 14.8. The molecular formula is C31H40F2N8O2Si. The SMILES string of the molecule is Cn1nc(Nc2nccc(-c3cc(C#N)c4c(c3)C(C)(CO[Si](C)(C)C(C)(C)C)CN4)n2)cc1C(=O)N1CCC(F)(F)CC1. The van der Waals surface area contributed by atoms with Crippen LogP contribution in [0.5, 0.6) is 0 Å². The van der Waals surface area contributed by atoms with Crippen LogP contribution in [-0.4, -0.2) is 71.0 Å². The molecule has 1 atom stereocenters. The molecule has 2 aliphatic heterocycles. The topological polar surface area (TPSA) is 121 Å². The third kappa shape index (κ3) is 6.18. The Morgan fingerprint density at radius 3 is 2.59 bits per heavy atom. The molecule has 1 saturated heterocycles. The van der Waals surface area contributed by atoms with Crippen molar-refractivity contribution in [2.75, 3.05) is 36.9 Å². The van der Waals surface area contributed by atoms with Crippen LogP contribution in [0.1, 0.15) is 62.2 Å². The Kier molecular flexibility index (Phi) is 8.05. The van der Waals surface area contributed by atoms with Crippen molar-refractivity contribution in [1.29, 1.82) is 5.26 Å². The summed E-state index contributed by atoms with van der Waals surface area (Å²) in [5, 5.41) is 21.0. The van der Waals surface area contributed by atoms with E-state index >= 15 is 0 Å². The highest BCUT2D eigenvalue weighted by Gasteiger charge is 2.42. The fourth-order valence-corrected chi connectivity index (χ4v) is 6.34. The molecule has 1 unspecified atom stereocenters. The van der Waals surface area contributed by atoms with Gasteiger partial charge in [-0.05, 0) is 41.9 Å². The molecule has 2 aromatic heterocycles. The number of hydrogen-bond acceptors (Lipinski definition) is 8. The lowest BCUT2D eigenvalue weighted by atomic mass is 9.83. The van der Waals surface area contributed by atoms with Crippen molar-refractivity contribution in [1.82, 2.24) is 24.6 Å². The van der Waals surface area contributed by atoms with Crippen LogP contribution in [0.2, 0.25) is 18.1 Å². The minimum atomic E-state index is -2.74. The summed E-state index contributed by atoms with van der Waals surface area (Å²) in [6, 6.07) is 9.56. The summed E-state index contributed by atoms with van der Waals surface area (Å²) >= 11 is 0. The predicted octanol–water partition coefficient (Wildman–Crippen LogP) is 6.07. The van der Waals surface area contributed by atoms with Crippen molar-refractivity contribution in [2.45, 2.75) is 70.0 Å². The van der Waals surface area contributed by atoms with Crippen LogP contribution in [0.4, 0.5) is 26.2 Å². The van der Waals surface area contributed by atoms with Gasteiger partial charge < -0.3 is 20.0 Å². The van der Waals surface area contributed by atoms with E-state index in [2.05, 4.69) is 78.6 Å². The number of rotatable bonds is 7. The Balaban J connectivity index is 1.38.